The van der Waals surface area contributed by atoms with E-state index in [4.69, 9.17) is 15.9 Å². The van der Waals surface area contributed by atoms with E-state index in [2.05, 4.69) is 21.5 Å². The highest BCUT2D eigenvalue weighted by atomic mass is 127. The van der Waals surface area contributed by atoms with Crippen molar-refractivity contribution < 1.29 is 9.47 Å². The number of rotatable bonds is 8. The molecule has 0 unspecified atom stereocenters. The summed E-state index contributed by atoms with van der Waals surface area (Å²) in [5.74, 6) is 4.80. The van der Waals surface area contributed by atoms with Crippen LogP contribution in [0.15, 0.2) is 23.2 Å². The summed E-state index contributed by atoms with van der Waals surface area (Å²) in [6.07, 6.45) is 7.11. The van der Waals surface area contributed by atoms with E-state index in [0.29, 0.717) is 6.54 Å². The number of hydrogen-bond donors (Lipinski definition) is 2. The first-order chi connectivity index (χ1) is 10.7. The third-order valence-electron chi connectivity index (χ3n) is 3.04. The third kappa shape index (κ3) is 7.98. The molecule has 0 saturated carbocycles. The molecule has 1 aromatic carbocycles. The maximum atomic E-state index is 5.31. The molecule has 128 valence electrons. The van der Waals surface area contributed by atoms with E-state index in [1.165, 1.54) is 5.56 Å². The van der Waals surface area contributed by atoms with Crippen molar-refractivity contribution in [1.82, 2.24) is 10.6 Å². The van der Waals surface area contributed by atoms with Crippen LogP contribution < -0.4 is 20.1 Å². The van der Waals surface area contributed by atoms with Crippen molar-refractivity contribution in [3.8, 4) is 23.8 Å². The summed E-state index contributed by atoms with van der Waals surface area (Å²) in [6.45, 7) is 4.04. The zero-order chi connectivity index (χ0) is 16.2. The smallest absolute Gasteiger partial charge is 0.192 e. The van der Waals surface area contributed by atoms with Crippen molar-refractivity contribution >= 4 is 29.9 Å². The molecule has 0 radical (unpaired) electrons. The number of benzene rings is 1. The lowest BCUT2D eigenvalue weighted by molar-refractivity contribution is 0.354. The van der Waals surface area contributed by atoms with Crippen LogP contribution in [0, 0.1) is 12.3 Å². The molecule has 0 aliphatic heterocycles. The number of terminal acetylenes is 1. The molecule has 0 aliphatic carbocycles. The van der Waals surface area contributed by atoms with Gasteiger partial charge in [-0.3, -0.25) is 4.99 Å². The van der Waals surface area contributed by atoms with Gasteiger partial charge in [0.1, 0.15) is 0 Å². The van der Waals surface area contributed by atoms with E-state index in [-0.39, 0.29) is 24.0 Å². The highest BCUT2D eigenvalue weighted by molar-refractivity contribution is 14.0. The number of guanidine groups is 1. The van der Waals surface area contributed by atoms with E-state index >= 15 is 0 Å². The zero-order valence-electron chi connectivity index (χ0n) is 14.0. The zero-order valence-corrected chi connectivity index (χ0v) is 16.3. The Labute approximate surface area is 156 Å². The highest BCUT2D eigenvalue weighted by Crippen LogP contribution is 2.27. The minimum Gasteiger partial charge on any atom is -0.493 e. The highest BCUT2D eigenvalue weighted by Gasteiger charge is 2.04. The van der Waals surface area contributed by atoms with Crippen LogP contribution in [0.5, 0.6) is 11.5 Å². The molecule has 0 aliphatic rings. The van der Waals surface area contributed by atoms with Crippen molar-refractivity contribution in [1.29, 1.82) is 0 Å². The van der Waals surface area contributed by atoms with Gasteiger partial charge in [0.15, 0.2) is 17.5 Å². The first kappa shape index (κ1) is 21.4. The minimum absolute atomic E-state index is 0. The predicted molar refractivity (Wildman–Crippen MR) is 106 cm³/mol. The summed E-state index contributed by atoms with van der Waals surface area (Å²) < 4.78 is 10.5. The van der Waals surface area contributed by atoms with Gasteiger partial charge in [-0.15, -0.1) is 30.4 Å². The second-order valence-corrected chi connectivity index (χ2v) is 4.61. The molecular formula is C17H26IN3O2. The number of nitrogens with zero attached hydrogens (tertiary/aromatic N) is 1. The molecule has 23 heavy (non-hydrogen) atoms. The van der Waals surface area contributed by atoms with Crippen molar-refractivity contribution in [2.24, 2.45) is 4.99 Å². The largest absolute Gasteiger partial charge is 0.493 e. The lowest BCUT2D eigenvalue weighted by Gasteiger charge is -2.10. The van der Waals surface area contributed by atoms with Crippen molar-refractivity contribution in [2.75, 3.05) is 33.9 Å². The number of halogens is 1. The van der Waals surface area contributed by atoms with Gasteiger partial charge in [0.25, 0.3) is 0 Å². The molecule has 5 nitrogen and oxygen atoms in total. The standard InChI is InChI=1S/C17H25N3O2.HI/c1-5-11-19-17(18-6-2)20-12-7-8-14-9-10-15(21-3)16(13-14)22-4;/h1,9-10,13H,6-8,11-12H2,2-4H3,(H2,18,19,20);1H. The molecule has 0 aromatic heterocycles. The Kier molecular flexibility index (Phi) is 12.0. The van der Waals surface area contributed by atoms with Crippen LogP contribution in [0.2, 0.25) is 0 Å². The number of nitrogens with one attached hydrogen (secondary N) is 2. The first-order valence-corrected chi connectivity index (χ1v) is 7.41. The minimum atomic E-state index is 0. The molecule has 0 bridgehead atoms. The SMILES string of the molecule is C#CCNC(=NCCCc1ccc(OC)c(OC)c1)NCC.I. The Balaban J connectivity index is 0.00000484. The van der Waals surface area contributed by atoms with Gasteiger partial charge >= 0.3 is 0 Å². The summed E-state index contributed by atoms with van der Waals surface area (Å²) in [4.78, 5) is 4.49. The van der Waals surface area contributed by atoms with E-state index in [9.17, 15) is 0 Å². The van der Waals surface area contributed by atoms with Crippen molar-refractivity contribution in [2.45, 2.75) is 19.8 Å². The van der Waals surface area contributed by atoms with Crippen LogP contribution >= 0.6 is 24.0 Å². The molecule has 0 saturated heterocycles. The lowest BCUT2D eigenvalue weighted by atomic mass is 10.1. The summed E-state index contributed by atoms with van der Waals surface area (Å²) in [7, 11) is 3.28. The van der Waals surface area contributed by atoms with Crippen LogP contribution in [0.3, 0.4) is 0 Å². The van der Waals surface area contributed by atoms with Gasteiger partial charge in [-0.25, -0.2) is 0 Å². The van der Waals surface area contributed by atoms with Crippen molar-refractivity contribution in [3.63, 3.8) is 0 Å². The monoisotopic (exact) mass is 431 g/mol. The molecule has 1 rings (SSSR count). The number of aliphatic imine (C=N–C) groups is 1. The third-order valence-corrected chi connectivity index (χ3v) is 3.04. The van der Waals surface area contributed by atoms with Gasteiger partial charge in [0.05, 0.1) is 20.8 Å². The Bertz CT molecular complexity index is 527. The number of aryl methyl sites for hydroxylation is 1. The maximum absolute atomic E-state index is 5.31. The molecule has 0 fully saturated rings. The Morgan fingerprint density at radius 1 is 1.22 bits per heavy atom. The Morgan fingerprint density at radius 2 is 1.96 bits per heavy atom. The first-order valence-electron chi connectivity index (χ1n) is 7.41. The summed E-state index contributed by atoms with van der Waals surface area (Å²) >= 11 is 0. The second-order valence-electron chi connectivity index (χ2n) is 4.61. The van der Waals surface area contributed by atoms with Gasteiger partial charge in [0, 0.05) is 13.1 Å². The molecule has 2 N–H and O–H groups in total. The maximum Gasteiger partial charge on any atom is 0.192 e. The van der Waals surface area contributed by atoms with E-state index in [0.717, 1.165) is 43.4 Å². The average molecular weight is 431 g/mol. The Morgan fingerprint density at radius 3 is 2.57 bits per heavy atom. The topological polar surface area (TPSA) is 54.9 Å². The number of ether oxygens (including phenoxy) is 2. The predicted octanol–water partition coefficient (Wildman–Crippen LogP) is 2.44. The summed E-state index contributed by atoms with van der Waals surface area (Å²) in [5, 5.41) is 6.22. The van der Waals surface area contributed by atoms with Crippen LogP contribution in [0.25, 0.3) is 0 Å². The van der Waals surface area contributed by atoms with Gasteiger partial charge < -0.3 is 20.1 Å². The normalized spacial score (nSPS) is 10.3. The Hall–Kier alpha value is -1.62. The van der Waals surface area contributed by atoms with E-state index in [1.54, 1.807) is 14.2 Å². The summed E-state index contributed by atoms with van der Waals surface area (Å²) in [5.41, 5.74) is 1.20. The molecule has 0 atom stereocenters. The van der Waals surface area contributed by atoms with Gasteiger partial charge in [-0.1, -0.05) is 12.0 Å². The second kappa shape index (κ2) is 12.9. The number of hydrogen-bond acceptors (Lipinski definition) is 3. The van der Waals surface area contributed by atoms with E-state index < -0.39 is 0 Å². The molecule has 1 aromatic rings. The van der Waals surface area contributed by atoms with Crippen LogP contribution in [-0.4, -0.2) is 39.8 Å². The molecule has 0 spiro atoms. The number of methoxy groups -OCH3 is 2. The van der Waals surface area contributed by atoms with Crippen LogP contribution in [0.1, 0.15) is 18.9 Å². The molecule has 0 heterocycles. The fourth-order valence-electron chi connectivity index (χ4n) is 1.99. The van der Waals surface area contributed by atoms with Crippen molar-refractivity contribution in [3.05, 3.63) is 23.8 Å². The molecule has 6 heteroatoms. The lowest BCUT2D eigenvalue weighted by Crippen LogP contribution is -2.37. The van der Waals surface area contributed by atoms with Crippen LogP contribution in [0.4, 0.5) is 0 Å². The quantitative estimate of drug-likeness (QED) is 0.218. The van der Waals surface area contributed by atoms with Gasteiger partial charge in [0.2, 0.25) is 0 Å². The van der Waals surface area contributed by atoms with E-state index in [1.807, 2.05) is 25.1 Å². The fourth-order valence-corrected chi connectivity index (χ4v) is 1.99. The van der Waals surface area contributed by atoms with Crippen LogP contribution in [-0.2, 0) is 6.42 Å². The van der Waals surface area contributed by atoms with Gasteiger partial charge in [-0.2, -0.15) is 0 Å². The molecule has 0 amide bonds. The average Bonchev–Trinajstić information content (AvgIpc) is 2.56. The van der Waals surface area contributed by atoms with Gasteiger partial charge in [-0.05, 0) is 37.5 Å². The summed E-state index contributed by atoms with van der Waals surface area (Å²) in [6, 6.07) is 5.98. The molecular weight excluding hydrogens is 405 g/mol. The fraction of sp³-hybridized carbons (Fsp3) is 0.471.